The van der Waals surface area contributed by atoms with Gasteiger partial charge in [0.1, 0.15) is 18.1 Å². The highest BCUT2D eigenvalue weighted by molar-refractivity contribution is 6.53. The SMILES string of the molecule is COCc1ccc(CN(CCO)C(=O)C(Cl)Cl)o1. The maximum Gasteiger partial charge on any atom is 0.256 e. The maximum atomic E-state index is 11.7. The van der Waals surface area contributed by atoms with Gasteiger partial charge in [-0.1, -0.05) is 23.2 Å². The lowest BCUT2D eigenvalue weighted by atomic mass is 10.3. The molecule has 0 fully saturated rings. The molecule has 0 aliphatic carbocycles. The molecule has 1 rings (SSSR count). The molecule has 0 bridgehead atoms. The van der Waals surface area contributed by atoms with Crippen molar-refractivity contribution in [1.29, 1.82) is 0 Å². The third kappa shape index (κ3) is 4.49. The Morgan fingerprint density at radius 3 is 2.72 bits per heavy atom. The lowest BCUT2D eigenvalue weighted by Gasteiger charge is -2.20. The summed E-state index contributed by atoms with van der Waals surface area (Å²) >= 11 is 11.0. The van der Waals surface area contributed by atoms with Crippen molar-refractivity contribution in [3.63, 3.8) is 0 Å². The Kier molecular flexibility index (Phi) is 6.49. The summed E-state index contributed by atoms with van der Waals surface area (Å²) in [6.45, 7) is 0.549. The third-order valence-electron chi connectivity index (χ3n) is 2.22. The predicted molar refractivity (Wildman–Crippen MR) is 67.4 cm³/mol. The normalized spacial score (nSPS) is 10.9. The number of furan rings is 1. The molecule has 102 valence electrons. The number of amides is 1. The molecule has 0 saturated heterocycles. The van der Waals surface area contributed by atoms with Crippen LogP contribution in [0.4, 0.5) is 0 Å². The molecule has 0 aliphatic heterocycles. The summed E-state index contributed by atoms with van der Waals surface area (Å²) in [7, 11) is 1.56. The average Bonchev–Trinajstić information content (AvgIpc) is 2.75. The second-order valence-corrected chi connectivity index (χ2v) is 4.68. The molecule has 1 amide bonds. The molecule has 0 unspecified atom stereocenters. The van der Waals surface area contributed by atoms with Gasteiger partial charge in [0.2, 0.25) is 0 Å². The van der Waals surface area contributed by atoms with Crippen LogP contribution >= 0.6 is 23.2 Å². The molecular formula is C11H15Cl2NO4. The van der Waals surface area contributed by atoms with E-state index >= 15 is 0 Å². The van der Waals surface area contributed by atoms with Crippen molar-refractivity contribution in [2.24, 2.45) is 0 Å². The first kappa shape index (κ1) is 15.3. The highest BCUT2D eigenvalue weighted by Gasteiger charge is 2.21. The number of ether oxygens (including phenoxy) is 1. The molecule has 18 heavy (non-hydrogen) atoms. The fourth-order valence-electron chi connectivity index (χ4n) is 1.44. The van der Waals surface area contributed by atoms with Crippen LogP contribution in [0.2, 0.25) is 0 Å². The van der Waals surface area contributed by atoms with Gasteiger partial charge in [0.05, 0.1) is 13.2 Å². The summed E-state index contributed by atoms with van der Waals surface area (Å²) in [5.41, 5.74) is 0. The lowest BCUT2D eigenvalue weighted by molar-refractivity contribution is -0.130. The number of hydrogen-bond acceptors (Lipinski definition) is 4. The molecule has 1 N–H and O–H groups in total. The minimum absolute atomic E-state index is 0.148. The summed E-state index contributed by atoms with van der Waals surface area (Å²) in [4.78, 5) is 11.8. The van der Waals surface area contributed by atoms with E-state index in [0.29, 0.717) is 18.1 Å². The van der Waals surface area contributed by atoms with Crippen molar-refractivity contribution in [2.45, 2.75) is 18.0 Å². The summed E-state index contributed by atoms with van der Waals surface area (Å²) in [5.74, 6) is 0.784. The zero-order valence-electron chi connectivity index (χ0n) is 9.94. The standard InChI is InChI=1S/C11H15Cl2NO4/c1-17-7-9-3-2-8(18-9)6-14(4-5-15)11(16)10(12)13/h2-3,10,15H,4-7H2,1H3. The van der Waals surface area contributed by atoms with Gasteiger partial charge in [0.25, 0.3) is 5.91 Å². The molecule has 5 nitrogen and oxygen atoms in total. The Bertz CT molecular complexity index is 381. The third-order valence-corrected chi connectivity index (χ3v) is 2.59. The van der Waals surface area contributed by atoms with Gasteiger partial charge in [-0.2, -0.15) is 0 Å². The summed E-state index contributed by atoms with van der Waals surface area (Å²) in [6.07, 6.45) is 0. The van der Waals surface area contributed by atoms with Crippen LogP contribution in [-0.2, 0) is 22.7 Å². The van der Waals surface area contributed by atoms with E-state index in [1.165, 1.54) is 4.90 Å². The Balaban J connectivity index is 2.67. The number of rotatable bonds is 7. The van der Waals surface area contributed by atoms with E-state index < -0.39 is 10.7 Å². The molecule has 0 saturated carbocycles. The minimum atomic E-state index is -1.15. The molecule has 1 aromatic heterocycles. The molecule has 1 aromatic rings. The fourth-order valence-corrected chi connectivity index (χ4v) is 1.72. The van der Waals surface area contributed by atoms with E-state index in [0.717, 1.165) is 0 Å². The van der Waals surface area contributed by atoms with E-state index in [9.17, 15) is 4.79 Å². The second-order valence-electron chi connectivity index (χ2n) is 3.59. The fraction of sp³-hybridized carbons (Fsp3) is 0.545. The number of hydrogen-bond donors (Lipinski definition) is 1. The van der Waals surface area contributed by atoms with Crippen LogP contribution in [0.15, 0.2) is 16.5 Å². The molecule has 0 radical (unpaired) electrons. The van der Waals surface area contributed by atoms with Crippen LogP contribution < -0.4 is 0 Å². The zero-order valence-corrected chi connectivity index (χ0v) is 11.4. The van der Waals surface area contributed by atoms with Gasteiger partial charge in [0.15, 0.2) is 4.84 Å². The molecule has 0 atom stereocenters. The van der Waals surface area contributed by atoms with Gasteiger partial charge >= 0.3 is 0 Å². The first-order valence-electron chi connectivity index (χ1n) is 5.32. The molecule has 0 aromatic carbocycles. The molecule has 0 spiro atoms. The monoisotopic (exact) mass is 295 g/mol. The number of halogens is 2. The first-order valence-corrected chi connectivity index (χ1v) is 6.20. The number of aliphatic hydroxyl groups excluding tert-OH is 1. The predicted octanol–water partition coefficient (Wildman–Crippen LogP) is 1.55. The molecular weight excluding hydrogens is 281 g/mol. The summed E-state index contributed by atoms with van der Waals surface area (Å²) in [5, 5.41) is 8.90. The molecule has 0 aliphatic rings. The van der Waals surface area contributed by atoms with E-state index in [2.05, 4.69) is 0 Å². The van der Waals surface area contributed by atoms with Crippen molar-refractivity contribution in [1.82, 2.24) is 4.90 Å². The maximum absolute atomic E-state index is 11.7. The highest BCUT2D eigenvalue weighted by atomic mass is 35.5. The Morgan fingerprint density at radius 2 is 2.17 bits per heavy atom. The number of methoxy groups -OCH3 is 1. The van der Waals surface area contributed by atoms with Crippen molar-refractivity contribution in [3.8, 4) is 0 Å². The van der Waals surface area contributed by atoms with Gasteiger partial charge in [0, 0.05) is 13.7 Å². The van der Waals surface area contributed by atoms with Crippen LogP contribution in [0.3, 0.4) is 0 Å². The topological polar surface area (TPSA) is 62.9 Å². The van der Waals surface area contributed by atoms with Crippen molar-refractivity contribution in [2.75, 3.05) is 20.3 Å². The van der Waals surface area contributed by atoms with Crippen molar-refractivity contribution < 1.29 is 19.1 Å². The minimum Gasteiger partial charge on any atom is -0.462 e. The molecule has 7 heteroatoms. The number of aliphatic hydroxyl groups is 1. The van der Waals surface area contributed by atoms with E-state index in [1.54, 1.807) is 19.2 Å². The van der Waals surface area contributed by atoms with Gasteiger partial charge in [-0.15, -0.1) is 0 Å². The largest absolute Gasteiger partial charge is 0.462 e. The average molecular weight is 296 g/mol. The lowest BCUT2D eigenvalue weighted by Crippen LogP contribution is -2.36. The van der Waals surface area contributed by atoms with Gasteiger partial charge in [-0.25, -0.2) is 0 Å². The highest BCUT2D eigenvalue weighted by Crippen LogP contribution is 2.14. The van der Waals surface area contributed by atoms with Gasteiger partial charge in [-0.05, 0) is 12.1 Å². The van der Waals surface area contributed by atoms with Crippen LogP contribution in [0, 0.1) is 0 Å². The van der Waals surface area contributed by atoms with Crippen LogP contribution in [0.1, 0.15) is 11.5 Å². The quantitative estimate of drug-likeness (QED) is 0.775. The van der Waals surface area contributed by atoms with E-state index in [4.69, 9.17) is 37.5 Å². The first-order chi connectivity index (χ1) is 8.58. The van der Waals surface area contributed by atoms with Crippen LogP contribution in [-0.4, -0.2) is 41.0 Å². The molecule has 1 heterocycles. The summed E-state index contributed by atoms with van der Waals surface area (Å²) < 4.78 is 10.4. The Labute approximate surface area is 115 Å². The van der Waals surface area contributed by atoms with E-state index in [-0.39, 0.29) is 19.7 Å². The number of carbonyl (C=O) groups excluding carboxylic acids is 1. The van der Waals surface area contributed by atoms with Crippen molar-refractivity contribution in [3.05, 3.63) is 23.7 Å². The van der Waals surface area contributed by atoms with Gasteiger partial charge in [-0.3, -0.25) is 4.79 Å². The zero-order chi connectivity index (χ0) is 13.5. The summed E-state index contributed by atoms with van der Waals surface area (Å²) in [6, 6.07) is 3.50. The van der Waals surface area contributed by atoms with E-state index in [1.807, 2.05) is 0 Å². The second kappa shape index (κ2) is 7.63. The smallest absolute Gasteiger partial charge is 0.256 e. The number of carbonyl (C=O) groups is 1. The Morgan fingerprint density at radius 1 is 1.50 bits per heavy atom. The van der Waals surface area contributed by atoms with Crippen LogP contribution in [0.25, 0.3) is 0 Å². The van der Waals surface area contributed by atoms with Gasteiger partial charge < -0.3 is 19.2 Å². The number of nitrogens with zero attached hydrogens (tertiary/aromatic N) is 1. The number of alkyl halides is 2. The van der Waals surface area contributed by atoms with Crippen molar-refractivity contribution >= 4 is 29.1 Å². The Hall–Kier alpha value is -0.750. The van der Waals surface area contributed by atoms with Crippen LogP contribution in [0.5, 0.6) is 0 Å².